The van der Waals surface area contributed by atoms with Crippen LogP contribution in [0.1, 0.15) is 48.2 Å². The Morgan fingerprint density at radius 3 is 2.64 bits per heavy atom. The number of aromatic nitrogens is 1. The first kappa shape index (κ1) is 22.6. The highest BCUT2D eigenvalue weighted by molar-refractivity contribution is 6.35. The van der Waals surface area contributed by atoms with E-state index in [4.69, 9.17) is 0 Å². The number of benzene rings is 1. The van der Waals surface area contributed by atoms with E-state index in [1.54, 1.807) is 24.3 Å². The number of hydrogen-bond donors (Lipinski definition) is 6. The van der Waals surface area contributed by atoms with E-state index in [2.05, 4.69) is 31.6 Å². The summed E-state index contributed by atoms with van der Waals surface area (Å²) < 4.78 is 0. The largest absolute Gasteiger partial charge is 0.357 e. The Labute approximate surface area is 192 Å². The van der Waals surface area contributed by atoms with Crippen molar-refractivity contribution in [2.24, 2.45) is 0 Å². The summed E-state index contributed by atoms with van der Waals surface area (Å²) in [6, 6.07) is 5.36. The molecule has 2 aliphatic rings. The normalized spacial score (nSPS) is 16.6. The molecule has 2 aromatic rings. The molecule has 2 heterocycles. The number of nitrogens with one attached hydrogen (secondary N) is 6. The van der Waals surface area contributed by atoms with Crippen LogP contribution in [-0.4, -0.2) is 42.5 Å². The maximum Gasteiger partial charge on any atom is 0.318 e. The molecule has 0 radical (unpaired) electrons. The lowest BCUT2D eigenvalue weighted by molar-refractivity contribution is -0.115. The van der Waals surface area contributed by atoms with Gasteiger partial charge in [-0.25, -0.2) is 4.79 Å². The molecule has 9 nitrogen and oxygen atoms in total. The van der Waals surface area contributed by atoms with Crippen LogP contribution < -0.4 is 26.6 Å². The summed E-state index contributed by atoms with van der Waals surface area (Å²) >= 11 is 0. The maximum absolute atomic E-state index is 12.6. The molecule has 0 bridgehead atoms. The molecule has 1 aliphatic carbocycles. The predicted molar refractivity (Wildman–Crippen MR) is 130 cm³/mol. The van der Waals surface area contributed by atoms with Crippen molar-refractivity contribution in [3.8, 4) is 0 Å². The Kier molecular flexibility index (Phi) is 6.50. The molecule has 1 aromatic heterocycles. The monoisotopic (exact) mass is 450 g/mol. The van der Waals surface area contributed by atoms with Crippen LogP contribution in [0.2, 0.25) is 0 Å². The van der Waals surface area contributed by atoms with Crippen LogP contribution >= 0.6 is 0 Å². The first-order valence-electron chi connectivity index (χ1n) is 11.2. The zero-order valence-corrected chi connectivity index (χ0v) is 19.1. The third-order valence-electron chi connectivity index (χ3n) is 6.22. The lowest BCUT2D eigenvalue weighted by Crippen LogP contribution is -2.34. The van der Waals surface area contributed by atoms with Gasteiger partial charge in [0.25, 0.3) is 5.91 Å². The average Bonchev–Trinajstić information content (AvgIpc) is 3.48. The third kappa shape index (κ3) is 4.93. The predicted octanol–water partition coefficient (Wildman–Crippen LogP) is 3.35. The van der Waals surface area contributed by atoms with Gasteiger partial charge in [-0.15, -0.1) is 0 Å². The second-order valence-electron chi connectivity index (χ2n) is 8.55. The van der Waals surface area contributed by atoms with Crippen LogP contribution in [0, 0.1) is 13.8 Å². The van der Waals surface area contributed by atoms with Gasteiger partial charge in [0.2, 0.25) is 5.91 Å². The SMILES string of the molecule is CNC(=O)Nc1ccc2c(c1)NC(=O)/C2=C\c1[nH]c(C)c(NC(=O)CNC2CCCC2)c1C. The van der Waals surface area contributed by atoms with E-state index in [1.807, 2.05) is 13.8 Å². The van der Waals surface area contributed by atoms with Gasteiger partial charge in [-0.05, 0) is 50.5 Å². The lowest BCUT2D eigenvalue weighted by Gasteiger charge is -2.12. The van der Waals surface area contributed by atoms with E-state index < -0.39 is 0 Å². The summed E-state index contributed by atoms with van der Waals surface area (Å²) in [7, 11) is 1.54. The molecule has 1 fully saturated rings. The highest BCUT2D eigenvalue weighted by atomic mass is 16.2. The fourth-order valence-corrected chi connectivity index (χ4v) is 4.41. The van der Waals surface area contributed by atoms with E-state index >= 15 is 0 Å². The number of carbonyl (C=O) groups is 3. The Morgan fingerprint density at radius 2 is 1.91 bits per heavy atom. The van der Waals surface area contributed by atoms with Crippen molar-refractivity contribution in [3.63, 3.8) is 0 Å². The van der Waals surface area contributed by atoms with Crippen molar-refractivity contribution in [1.29, 1.82) is 0 Å². The van der Waals surface area contributed by atoms with Crippen molar-refractivity contribution in [1.82, 2.24) is 15.6 Å². The second-order valence-corrected chi connectivity index (χ2v) is 8.55. The van der Waals surface area contributed by atoms with Crippen molar-refractivity contribution in [3.05, 3.63) is 40.7 Å². The van der Waals surface area contributed by atoms with Crippen molar-refractivity contribution in [2.75, 3.05) is 29.5 Å². The number of rotatable bonds is 6. The van der Waals surface area contributed by atoms with Gasteiger partial charge in [0.15, 0.2) is 0 Å². The number of aromatic amines is 1. The molecule has 0 spiro atoms. The second kappa shape index (κ2) is 9.50. The zero-order chi connectivity index (χ0) is 23.5. The molecule has 4 rings (SSSR count). The average molecular weight is 451 g/mol. The highest BCUT2D eigenvalue weighted by Gasteiger charge is 2.25. The first-order chi connectivity index (χ1) is 15.9. The lowest BCUT2D eigenvalue weighted by atomic mass is 10.0. The summed E-state index contributed by atoms with van der Waals surface area (Å²) in [6.45, 7) is 4.10. The topological polar surface area (TPSA) is 127 Å². The third-order valence-corrected chi connectivity index (χ3v) is 6.22. The van der Waals surface area contributed by atoms with Crippen molar-refractivity contribution in [2.45, 2.75) is 45.6 Å². The quantitative estimate of drug-likeness (QED) is 0.377. The molecular formula is C24H30N6O3. The van der Waals surface area contributed by atoms with Gasteiger partial charge >= 0.3 is 6.03 Å². The van der Waals surface area contributed by atoms with Crippen LogP contribution in [0.25, 0.3) is 11.6 Å². The zero-order valence-electron chi connectivity index (χ0n) is 19.1. The number of amides is 4. The van der Waals surface area contributed by atoms with Gasteiger partial charge in [0.05, 0.1) is 23.5 Å². The Bertz CT molecular complexity index is 1130. The summed E-state index contributed by atoms with van der Waals surface area (Å²) in [5.41, 5.74) is 5.68. The molecule has 174 valence electrons. The van der Waals surface area contributed by atoms with Gasteiger partial charge in [-0.2, -0.15) is 0 Å². The number of fused-ring (bicyclic) bond motifs is 1. The van der Waals surface area contributed by atoms with Gasteiger partial charge in [0, 0.05) is 35.7 Å². The minimum atomic E-state index is -0.333. The number of aryl methyl sites for hydroxylation is 1. The molecule has 0 unspecified atom stereocenters. The summed E-state index contributed by atoms with van der Waals surface area (Å²) in [6.07, 6.45) is 6.48. The molecule has 0 atom stereocenters. The standard InChI is InChI=1S/C24H30N6O3/c1-13-19(27-14(2)22(13)30-21(31)12-26-15-6-4-5-7-15)11-18-17-9-8-16(28-24(33)25-3)10-20(17)29-23(18)32/h8-11,15,26-27H,4-7,12H2,1-3H3,(H,29,32)(H,30,31)(H2,25,28,33)/b18-11-. The molecule has 1 aromatic carbocycles. The molecule has 4 amide bonds. The van der Waals surface area contributed by atoms with Gasteiger partial charge < -0.3 is 31.6 Å². The van der Waals surface area contributed by atoms with Crippen LogP contribution in [0.4, 0.5) is 21.9 Å². The van der Waals surface area contributed by atoms with E-state index in [-0.39, 0.29) is 24.4 Å². The van der Waals surface area contributed by atoms with Gasteiger partial charge in [-0.1, -0.05) is 18.9 Å². The molecule has 0 saturated heterocycles. The Balaban J connectivity index is 1.51. The van der Waals surface area contributed by atoms with E-state index in [0.717, 1.165) is 41.0 Å². The fourth-order valence-electron chi connectivity index (χ4n) is 4.41. The highest BCUT2D eigenvalue weighted by Crippen LogP contribution is 2.36. The van der Waals surface area contributed by atoms with Crippen molar-refractivity contribution >= 4 is 46.6 Å². The van der Waals surface area contributed by atoms with Crippen molar-refractivity contribution < 1.29 is 14.4 Å². The van der Waals surface area contributed by atoms with Gasteiger partial charge in [-0.3, -0.25) is 9.59 Å². The smallest absolute Gasteiger partial charge is 0.318 e. The summed E-state index contributed by atoms with van der Waals surface area (Å²) in [5.74, 6) is -0.300. The first-order valence-corrected chi connectivity index (χ1v) is 11.2. The van der Waals surface area contributed by atoms with E-state index in [0.29, 0.717) is 23.0 Å². The fraction of sp³-hybridized carbons (Fsp3) is 0.375. The van der Waals surface area contributed by atoms with Crippen LogP contribution in [-0.2, 0) is 9.59 Å². The molecule has 1 saturated carbocycles. The summed E-state index contributed by atoms with van der Waals surface area (Å²) in [5, 5.41) is 14.4. The van der Waals surface area contributed by atoms with Crippen LogP contribution in [0.15, 0.2) is 18.2 Å². The summed E-state index contributed by atoms with van der Waals surface area (Å²) in [4.78, 5) is 39.9. The number of anilines is 3. The molecule has 1 aliphatic heterocycles. The number of urea groups is 1. The number of H-pyrrole nitrogens is 1. The van der Waals surface area contributed by atoms with Crippen LogP contribution in [0.3, 0.4) is 0 Å². The minimum absolute atomic E-state index is 0.0774. The maximum atomic E-state index is 12.6. The molecular weight excluding hydrogens is 420 g/mol. The van der Waals surface area contributed by atoms with E-state index in [9.17, 15) is 14.4 Å². The van der Waals surface area contributed by atoms with Crippen LogP contribution in [0.5, 0.6) is 0 Å². The Hall–Kier alpha value is -3.59. The molecule has 9 heteroatoms. The Morgan fingerprint density at radius 1 is 1.15 bits per heavy atom. The minimum Gasteiger partial charge on any atom is -0.357 e. The number of carbonyl (C=O) groups excluding carboxylic acids is 3. The van der Waals surface area contributed by atoms with E-state index in [1.165, 1.54) is 19.9 Å². The van der Waals surface area contributed by atoms with Gasteiger partial charge in [0.1, 0.15) is 0 Å². The molecule has 33 heavy (non-hydrogen) atoms. The molecule has 6 N–H and O–H groups in total. The number of hydrogen-bond acceptors (Lipinski definition) is 4.